The molecule has 0 saturated carbocycles. The van der Waals surface area contributed by atoms with Crippen LogP contribution in [0.15, 0.2) is 69.5 Å². The molecule has 2 nitrogen and oxygen atoms in total. The van der Waals surface area contributed by atoms with Crippen molar-refractivity contribution in [2.75, 3.05) is 0 Å². The number of fused-ring (bicyclic) bond motifs is 7. The first kappa shape index (κ1) is 16.5. The van der Waals surface area contributed by atoms with Crippen molar-refractivity contribution in [1.29, 1.82) is 0 Å². The molecule has 6 rings (SSSR count). The second-order valence-electron chi connectivity index (χ2n) is 7.41. The predicted octanol–water partition coefficient (Wildman–Crippen LogP) is 7.97. The van der Waals surface area contributed by atoms with E-state index in [4.69, 9.17) is 8.83 Å². The largest absolute Gasteiger partial charge is 0.461 e. The molecule has 2 heterocycles. The number of halogens is 3. The lowest BCUT2D eigenvalue weighted by atomic mass is 9.96. The summed E-state index contributed by atoms with van der Waals surface area (Å²) in [6, 6.07) is 18.6. The van der Waals surface area contributed by atoms with Crippen LogP contribution in [-0.2, 0) is 6.18 Å². The third-order valence-corrected chi connectivity index (χ3v) is 5.51. The monoisotopic (exact) mass is 390 g/mol. The van der Waals surface area contributed by atoms with Crippen molar-refractivity contribution in [3.8, 4) is 0 Å². The van der Waals surface area contributed by atoms with E-state index in [0.29, 0.717) is 5.39 Å². The van der Waals surface area contributed by atoms with Gasteiger partial charge in [0.25, 0.3) is 0 Å². The van der Waals surface area contributed by atoms with Gasteiger partial charge in [0.2, 0.25) is 5.76 Å². The van der Waals surface area contributed by atoms with Crippen molar-refractivity contribution >= 4 is 54.3 Å². The average molecular weight is 390 g/mol. The minimum absolute atomic E-state index is 0.231. The Morgan fingerprint density at radius 2 is 1.14 bits per heavy atom. The molecule has 0 fully saturated rings. The molecular weight excluding hydrogens is 377 g/mol. The van der Waals surface area contributed by atoms with Gasteiger partial charge in [0.05, 0.1) is 0 Å². The highest BCUT2D eigenvalue weighted by Gasteiger charge is 2.35. The van der Waals surface area contributed by atoms with Crippen LogP contribution in [0.1, 0.15) is 11.5 Å². The summed E-state index contributed by atoms with van der Waals surface area (Å²) in [5.74, 6) is -0.126. The summed E-state index contributed by atoms with van der Waals surface area (Å²) in [4.78, 5) is 0. The van der Waals surface area contributed by atoms with E-state index in [2.05, 4.69) is 6.07 Å². The van der Waals surface area contributed by atoms with Crippen LogP contribution in [0.3, 0.4) is 0 Å². The van der Waals surface area contributed by atoms with Gasteiger partial charge in [0.15, 0.2) is 0 Å². The van der Waals surface area contributed by atoms with Gasteiger partial charge in [-0.2, -0.15) is 13.2 Å². The maximum absolute atomic E-state index is 13.0. The number of benzene rings is 4. The minimum atomic E-state index is -4.50. The second kappa shape index (κ2) is 5.32. The van der Waals surface area contributed by atoms with Crippen LogP contribution in [0.2, 0.25) is 0 Å². The molecule has 0 bridgehead atoms. The third kappa shape index (κ3) is 2.37. The zero-order valence-corrected chi connectivity index (χ0v) is 15.2. The van der Waals surface area contributed by atoms with Crippen LogP contribution in [-0.4, -0.2) is 0 Å². The summed E-state index contributed by atoms with van der Waals surface area (Å²) >= 11 is 0. The Balaban J connectivity index is 1.70. The zero-order chi connectivity index (χ0) is 19.9. The molecule has 0 unspecified atom stereocenters. The van der Waals surface area contributed by atoms with Crippen LogP contribution in [0.4, 0.5) is 13.2 Å². The van der Waals surface area contributed by atoms with Gasteiger partial charge < -0.3 is 8.83 Å². The van der Waals surface area contributed by atoms with Crippen LogP contribution in [0, 0.1) is 6.92 Å². The normalized spacial score (nSPS) is 12.8. The Morgan fingerprint density at radius 3 is 1.72 bits per heavy atom. The van der Waals surface area contributed by atoms with Gasteiger partial charge in [-0.25, -0.2) is 0 Å². The molecule has 0 radical (unpaired) electrons. The highest BCUT2D eigenvalue weighted by molar-refractivity contribution is 6.20. The van der Waals surface area contributed by atoms with Gasteiger partial charge >= 0.3 is 6.18 Å². The molecule has 0 aliphatic rings. The fraction of sp³-hybridized carbons (Fsp3) is 0.0833. The number of rotatable bonds is 0. The molecule has 5 heteroatoms. The molecule has 2 aromatic heterocycles. The summed E-state index contributed by atoms with van der Waals surface area (Å²) in [5, 5.41) is 7.33. The third-order valence-electron chi connectivity index (χ3n) is 5.51. The lowest BCUT2D eigenvalue weighted by Crippen LogP contribution is -2.01. The van der Waals surface area contributed by atoms with E-state index in [0.717, 1.165) is 55.1 Å². The summed E-state index contributed by atoms with van der Waals surface area (Å²) in [7, 11) is 0. The maximum Gasteiger partial charge on any atom is 0.449 e. The van der Waals surface area contributed by atoms with E-state index in [1.54, 1.807) is 12.1 Å². The molecule has 29 heavy (non-hydrogen) atoms. The molecule has 0 atom stereocenters. The molecule has 6 aromatic rings. The molecule has 0 aliphatic carbocycles. The van der Waals surface area contributed by atoms with Gasteiger partial charge in [-0.1, -0.05) is 24.3 Å². The van der Waals surface area contributed by atoms with E-state index in [9.17, 15) is 13.2 Å². The molecule has 0 spiro atoms. The van der Waals surface area contributed by atoms with E-state index < -0.39 is 11.9 Å². The summed E-state index contributed by atoms with van der Waals surface area (Å²) in [6.45, 7) is 1.92. The highest BCUT2D eigenvalue weighted by Crippen LogP contribution is 2.38. The number of hydrogen-bond acceptors (Lipinski definition) is 2. The lowest BCUT2D eigenvalue weighted by Gasteiger charge is -2.08. The molecule has 4 aromatic carbocycles. The van der Waals surface area contributed by atoms with E-state index in [1.807, 2.05) is 43.3 Å². The highest BCUT2D eigenvalue weighted by atomic mass is 19.4. The Morgan fingerprint density at radius 1 is 0.586 bits per heavy atom. The molecule has 0 aliphatic heterocycles. The van der Waals surface area contributed by atoms with Crippen LogP contribution in [0.25, 0.3) is 54.3 Å². The smallest absolute Gasteiger partial charge is 0.449 e. The molecule has 0 N–H and O–H groups in total. The van der Waals surface area contributed by atoms with Gasteiger partial charge in [-0.3, -0.25) is 0 Å². The van der Waals surface area contributed by atoms with Crippen molar-refractivity contribution < 1.29 is 22.0 Å². The van der Waals surface area contributed by atoms with Crippen molar-refractivity contribution in [3.63, 3.8) is 0 Å². The van der Waals surface area contributed by atoms with Crippen LogP contribution in [0.5, 0.6) is 0 Å². The lowest BCUT2D eigenvalue weighted by molar-refractivity contribution is -0.152. The summed E-state index contributed by atoms with van der Waals surface area (Å²) in [6.07, 6.45) is -4.50. The van der Waals surface area contributed by atoms with Crippen LogP contribution < -0.4 is 0 Å². The fourth-order valence-electron chi connectivity index (χ4n) is 4.22. The minimum Gasteiger partial charge on any atom is -0.461 e. The Hall–Kier alpha value is -3.47. The zero-order valence-electron chi connectivity index (χ0n) is 15.2. The predicted molar refractivity (Wildman–Crippen MR) is 108 cm³/mol. The number of hydrogen-bond donors (Lipinski definition) is 0. The van der Waals surface area contributed by atoms with Crippen LogP contribution >= 0.6 is 0 Å². The Kier molecular flexibility index (Phi) is 3.02. The first-order chi connectivity index (χ1) is 13.9. The van der Waals surface area contributed by atoms with Gasteiger partial charge in [-0.15, -0.1) is 0 Å². The maximum atomic E-state index is 13.0. The first-order valence-electron chi connectivity index (χ1n) is 9.17. The van der Waals surface area contributed by atoms with Gasteiger partial charge in [-0.05, 0) is 75.6 Å². The van der Waals surface area contributed by atoms with Gasteiger partial charge in [0, 0.05) is 10.8 Å². The topological polar surface area (TPSA) is 26.3 Å². The van der Waals surface area contributed by atoms with Gasteiger partial charge in [0.1, 0.15) is 16.9 Å². The van der Waals surface area contributed by atoms with E-state index in [-0.39, 0.29) is 5.58 Å². The number of furan rings is 2. The standard InChI is InChI=1S/C24H13F3O2/c1-12-6-15-7-13-2-4-18-17(19(13)10-21(15)28-12)5-3-14-8-16-9-23(24(25,26)27)29-22(16)11-20(14)18/h2-11H,1H3. The van der Waals surface area contributed by atoms with E-state index >= 15 is 0 Å². The average Bonchev–Trinajstić information content (AvgIpc) is 3.25. The summed E-state index contributed by atoms with van der Waals surface area (Å²) < 4.78 is 50.0. The van der Waals surface area contributed by atoms with Crippen molar-refractivity contribution in [2.45, 2.75) is 13.1 Å². The molecular formula is C24H13F3O2. The first-order valence-corrected chi connectivity index (χ1v) is 9.17. The van der Waals surface area contributed by atoms with Crippen molar-refractivity contribution in [3.05, 3.63) is 72.2 Å². The Labute approximate surface area is 162 Å². The quantitative estimate of drug-likeness (QED) is 0.246. The molecule has 142 valence electrons. The van der Waals surface area contributed by atoms with Crippen molar-refractivity contribution in [1.82, 2.24) is 0 Å². The Bertz CT molecular complexity index is 1600. The second-order valence-corrected chi connectivity index (χ2v) is 7.41. The molecule has 0 saturated heterocycles. The van der Waals surface area contributed by atoms with E-state index in [1.165, 1.54) is 0 Å². The van der Waals surface area contributed by atoms with Crippen molar-refractivity contribution in [2.24, 2.45) is 0 Å². The number of aryl methyl sites for hydroxylation is 1. The fourth-order valence-corrected chi connectivity index (χ4v) is 4.22. The number of alkyl halides is 3. The molecule has 0 amide bonds. The summed E-state index contributed by atoms with van der Waals surface area (Å²) in [5.41, 5.74) is 1.05. The SMILES string of the molecule is Cc1cc2cc3ccc4c5cc6oc(C(F)(F)F)cc6cc5ccc4c3cc2o1.